The van der Waals surface area contributed by atoms with Crippen molar-refractivity contribution < 1.29 is 4.74 Å². The Labute approximate surface area is 240 Å². The third-order valence-electron chi connectivity index (χ3n) is 7.34. The second-order valence-corrected chi connectivity index (χ2v) is 12.8. The number of halogens is 1. The lowest BCUT2D eigenvalue weighted by atomic mass is 9.86. The number of ether oxygens (including phenoxy) is 1. The summed E-state index contributed by atoms with van der Waals surface area (Å²) in [6.45, 7) is 13.3. The van der Waals surface area contributed by atoms with Crippen molar-refractivity contribution in [2.45, 2.75) is 52.4 Å². The van der Waals surface area contributed by atoms with Gasteiger partial charge in [-0.25, -0.2) is 9.97 Å². The van der Waals surface area contributed by atoms with E-state index >= 15 is 0 Å². The number of fused-ring (bicyclic) bond motifs is 3. The van der Waals surface area contributed by atoms with Gasteiger partial charge in [0, 0.05) is 46.5 Å². The van der Waals surface area contributed by atoms with Crippen molar-refractivity contribution in [1.82, 2.24) is 19.1 Å². The fourth-order valence-corrected chi connectivity index (χ4v) is 5.23. The summed E-state index contributed by atoms with van der Waals surface area (Å²) in [6.07, 6.45) is 7.42. The molecule has 0 bridgehead atoms. The van der Waals surface area contributed by atoms with Gasteiger partial charge in [0.15, 0.2) is 0 Å². The first-order valence-corrected chi connectivity index (χ1v) is 13.9. The van der Waals surface area contributed by atoms with Crippen molar-refractivity contribution in [2.75, 3.05) is 0 Å². The largest absolute Gasteiger partial charge is 0.457 e. The Balaban J connectivity index is 1.52. The maximum atomic E-state index is 6.56. The summed E-state index contributed by atoms with van der Waals surface area (Å²) in [5.74, 6) is 2.38. The van der Waals surface area contributed by atoms with Crippen LogP contribution < -0.4 is 4.74 Å². The summed E-state index contributed by atoms with van der Waals surface area (Å²) in [6, 6.07) is 22.8. The van der Waals surface area contributed by atoms with Gasteiger partial charge in [-0.2, -0.15) is 0 Å². The average Bonchev–Trinajstić information content (AvgIpc) is 3.54. The molecule has 0 spiro atoms. The van der Waals surface area contributed by atoms with Crippen LogP contribution in [0.3, 0.4) is 0 Å². The summed E-state index contributed by atoms with van der Waals surface area (Å²) in [7, 11) is 0. The Kier molecular flexibility index (Phi) is 6.23. The summed E-state index contributed by atoms with van der Waals surface area (Å²) >= 11 is 6.45. The fraction of sp³-hybridized carbons (Fsp3) is 0.235. The third kappa shape index (κ3) is 4.86. The van der Waals surface area contributed by atoms with Gasteiger partial charge in [0.1, 0.15) is 17.3 Å². The molecule has 6 rings (SSSR count). The predicted octanol–water partition coefficient (Wildman–Crippen LogP) is 9.41. The zero-order valence-corrected chi connectivity index (χ0v) is 24.5. The number of imidazole rings is 1. The van der Waals surface area contributed by atoms with Crippen LogP contribution in [0.5, 0.6) is 11.5 Å². The second kappa shape index (κ2) is 9.53. The van der Waals surface area contributed by atoms with E-state index in [1.165, 1.54) is 11.1 Å². The van der Waals surface area contributed by atoms with E-state index < -0.39 is 0 Å². The Morgan fingerprint density at radius 3 is 2.23 bits per heavy atom. The monoisotopic (exact) mass is 548 g/mol. The highest BCUT2D eigenvalue weighted by Crippen LogP contribution is 2.38. The third-order valence-corrected chi connectivity index (χ3v) is 7.57. The number of pyridine rings is 1. The molecule has 0 saturated carbocycles. The maximum absolute atomic E-state index is 6.56. The smallest absolute Gasteiger partial charge is 0.137 e. The van der Waals surface area contributed by atoms with Crippen LogP contribution in [-0.2, 0) is 10.8 Å². The number of nitrogens with zero attached hydrogens (tertiary/aromatic N) is 4. The van der Waals surface area contributed by atoms with E-state index in [0.717, 1.165) is 44.8 Å². The average molecular weight is 549 g/mol. The molecule has 0 saturated heterocycles. The molecule has 5 nitrogen and oxygen atoms in total. The molecule has 40 heavy (non-hydrogen) atoms. The van der Waals surface area contributed by atoms with Crippen molar-refractivity contribution in [3.05, 3.63) is 108 Å². The van der Waals surface area contributed by atoms with Crippen LogP contribution >= 0.6 is 11.6 Å². The Morgan fingerprint density at radius 1 is 0.700 bits per heavy atom. The van der Waals surface area contributed by atoms with Gasteiger partial charge in [-0.15, -0.1) is 0 Å². The molecule has 0 radical (unpaired) electrons. The van der Waals surface area contributed by atoms with Crippen molar-refractivity contribution in [1.29, 1.82) is 0 Å². The number of hydrogen-bond acceptors (Lipinski definition) is 3. The van der Waals surface area contributed by atoms with Crippen LogP contribution in [0.1, 0.15) is 52.7 Å². The summed E-state index contributed by atoms with van der Waals surface area (Å²) in [5.41, 5.74) is 5.42. The molecule has 0 aliphatic heterocycles. The van der Waals surface area contributed by atoms with Gasteiger partial charge >= 0.3 is 0 Å². The van der Waals surface area contributed by atoms with Crippen LogP contribution in [0.2, 0.25) is 5.02 Å². The fourth-order valence-electron chi connectivity index (χ4n) is 5.06. The molecule has 0 aliphatic carbocycles. The summed E-state index contributed by atoms with van der Waals surface area (Å²) in [4.78, 5) is 9.02. The van der Waals surface area contributed by atoms with Gasteiger partial charge in [-0.05, 0) is 76.6 Å². The van der Waals surface area contributed by atoms with E-state index in [1.54, 1.807) is 12.5 Å². The van der Waals surface area contributed by atoms with Gasteiger partial charge in [0.25, 0.3) is 0 Å². The molecule has 3 heterocycles. The van der Waals surface area contributed by atoms with Crippen LogP contribution in [0.15, 0.2) is 91.6 Å². The highest BCUT2D eigenvalue weighted by atomic mass is 35.5. The number of rotatable bonds is 4. The predicted molar refractivity (Wildman–Crippen MR) is 165 cm³/mol. The van der Waals surface area contributed by atoms with Crippen molar-refractivity contribution in [2.24, 2.45) is 0 Å². The van der Waals surface area contributed by atoms with E-state index in [2.05, 4.69) is 93.6 Å². The lowest BCUT2D eigenvalue weighted by molar-refractivity contribution is 0.479. The highest BCUT2D eigenvalue weighted by Gasteiger charge is 2.20. The van der Waals surface area contributed by atoms with Crippen LogP contribution in [0.25, 0.3) is 33.3 Å². The molecule has 0 N–H and O–H groups in total. The molecule has 0 aliphatic rings. The zero-order chi connectivity index (χ0) is 28.2. The molecule has 0 amide bonds. The molecular formula is C34H33ClN4O. The van der Waals surface area contributed by atoms with Gasteiger partial charge in [0.2, 0.25) is 0 Å². The first kappa shape index (κ1) is 26.1. The molecule has 0 fully saturated rings. The number of benzene rings is 3. The lowest BCUT2D eigenvalue weighted by Gasteiger charge is -2.21. The molecular weight excluding hydrogens is 516 g/mol. The van der Waals surface area contributed by atoms with Gasteiger partial charge in [-0.1, -0.05) is 53.1 Å². The lowest BCUT2D eigenvalue weighted by Crippen LogP contribution is -2.12. The molecule has 6 heteroatoms. The standard InChI is InChI=1S/C34H33ClN4O/c1-33(2,3)22-11-12-37-32(17-22)39-30-10-7-24(35)18-29(30)28-9-8-26(20-31(28)39)40-27-16-23(34(4,5)6)15-25(19-27)38-14-13-36-21-38/h7-21H,1-6H3. The second-order valence-electron chi connectivity index (χ2n) is 12.4. The van der Waals surface area contributed by atoms with Gasteiger partial charge in [0.05, 0.1) is 23.0 Å². The first-order chi connectivity index (χ1) is 19.0. The molecule has 0 unspecified atom stereocenters. The van der Waals surface area contributed by atoms with Crippen molar-refractivity contribution >= 4 is 33.4 Å². The normalized spacial score (nSPS) is 12.4. The van der Waals surface area contributed by atoms with Crippen LogP contribution in [0, 0.1) is 0 Å². The van der Waals surface area contributed by atoms with Crippen molar-refractivity contribution in [3.8, 4) is 23.0 Å². The Hall–Kier alpha value is -4.09. The first-order valence-electron chi connectivity index (χ1n) is 13.5. The Bertz CT molecular complexity index is 1850. The minimum absolute atomic E-state index is 0.000946. The summed E-state index contributed by atoms with van der Waals surface area (Å²) < 4.78 is 10.8. The van der Waals surface area contributed by atoms with E-state index in [9.17, 15) is 0 Å². The topological polar surface area (TPSA) is 44.9 Å². The molecule has 0 atom stereocenters. The van der Waals surface area contributed by atoms with E-state index in [4.69, 9.17) is 21.3 Å². The number of hydrogen-bond donors (Lipinski definition) is 0. The van der Waals surface area contributed by atoms with E-state index in [1.807, 2.05) is 41.2 Å². The Morgan fingerprint density at radius 2 is 1.50 bits per heavy atom. The minimum Gasteiger partial charge on any atom is -0.457 e. The highest BCUT2D eigenvalue weighted by molar-refractivity contribution is 6.32. The van der Waals surface area contributed by atoms with Gasteiger partial charge in [-0.3, -0.25) is 4.57 Å². The number of aromatic nitrogens is 4. The van der Waals surface area contributed by atoms with E-state index in [-0.39, 0.29) is 10.8 Å². The zero-order valence-electron chi connectivity index (χ0n) is 23.7. The van der Waals surface area contributed by atoms with Crippen LogP contribution in [0.4, 0.5) is 0 Å². The molecule has 202 valence electrons. The SMILES string of the molecule is CC(C)(C)c1cc(Oc2ccc3c4cc(Cl)ccc4n(-c4cc(C(C)(C)C)ccn4)c3c2)cc(-n2ccnc2)c1. The van der Waals surface area contributed by atoms with Gasteiger partial charge < -0.3 is 9.30 Å². The quantitative estimate of drug-likeness (QED) is 0.220. The van der Waals surface area contributed by atoms with Crippen molar-refractivity contribution in [3.63, 3.8) is 0 Å². The molecule has 6 aromatic rings. The minimum atomic E-state index is -0.0475. The van der Waals surface area contributed by atoms with Crippen LogP contribution in [-0.4, -0.2) is 19.1 Å². The van der Waals surface area contributed by atoms with E-state index in [0.29, 0.717) is 5.02 Å². The molecule has 3 aromatic heterocycles. The maximum Gasteiger partial charge on any atom is 0.137 e. The summed E-state index contributed by atoms with van der Waals surface area (Å²) in [5, 5.41) is 2.87. The molecule has 3 aromatic carbocycles.